The number of ether oxygens (including phenoxy) is 4. The molecule has 0 aliphatic heterocycles. The summed E-state index contributed by atoms with van der Waals surface area (Å²) >= 11 is 0. The second-order valence-corrected chi connectivity index (χ2v) is 24.8. The highest BCUT2D eigenvalue weighted by Crippen LogP contribution is 2.17. The van der Waals surface area contributed by atoms with E-state index in [4.69, 9.17) is 18.9 Å². The summed E-state index contributed by atoms with van der Waals surface area (Å²) in [6, 6.07) is 0. The first kappa shape index (κ1) is 85.7. The molecule has 2 unspecified atom stereocenters. The van der Waals surface area contributed by atoms with E-state index in [1.54, 1.807) is 0 Å². The van der Waals surface area contributed by atoms with Gasteiger partial charge in [0.25, 0.3) is 0 Å². The van der Waals surface area contributed by atoms with Crippen molar-refractivity contribution in [2.75, 3.05) is 47.5 Å². The Hall–Kier alpha value is -5.35. The molecule has 0 saturated carbocycles. The van der Waals surface area contributed by atoms with Crippen LogP contribution in [0.25, 0.3) is 0 Å². The maximum absolute atomic E-state index is 12.9. The molecule has 0 radical (unpaired) electrons. The van der Waals surface area contributed by atoms with Crippen LogP contribution in [0.1, 0.15) is 271 Å². The van der Waals surface area contributed by atoms with Gasteiger partial charge in [0.05, 0.1) is 40.3 Å². The average molecular weight is 1260 g/mol. The van der Waals surface area contributed by atoms with E-state index < -0.39 is 24.3 Å². The maximum atomic E-state index is 12.9. The first-order chi connectivity index (χ1) is 44.6. The largest absolute Gasteiger partial charge is 0.545 e. The Morgan fingerprint density at radius 3 is 0.901 bits per heavy atom. The van der Waals surface area contributed by atoms with Crippen LogP contribution in [0.5, 0.6) is 0 Å². The Bertz CT molecular complexity index is 2100. The van der Waals surface area contributed by atoms with E-state index in [1.165, 1.54) is 116 Å². The number of esters is 2. The molecule has 0 amide bonds. The Morgan fingerprint density at radius 2 is 0.593 bits per heavy atom. The van der Waals surface area contributed by atoms with Crippen LogP contribution >= 0.6 is 0 Å². The van der Waals surface area contributed by atoms with Crippen molar-refractivity contribution < 1.29 is 42.9 Å². The van der Waals surface area contributed by atoms with Gasteiger partial charge in [-0.2, -0.15) is 0 Å². The topological polar surface area (TPSA) is 111 Å². The lowest BCUT2D eigenvalue weighted by atomic mass is 10.0. The van der Waals surface area contributed by atoms with Gasteiger partial charge in [0.15, 0.2) is 12.4 Å². The monoisotopic (exact) mass is 1260 g/mol. The van der Waals surface area contributed by atoms with E-state index in [0.717, 1.165) is 122 Å². The minimum absolute atomic E-state index is 0.131. The van der Waals surface area contributed by atoms with Crippen LogP contribution in [-0.4, -0.2) is 82.3 Å². The Kier molecular flexibility index (Phi) is 66.4. The van der Waals surface area contributed by atoms with Gasteiger partial charge in [-0.05, 0) is 128 Å². The van der Waals surface area contributed by atoms with Crippen molar-refractivity contribution in [2.24, 2.45) is 0 Å². The SMILES string of the molecule is CC/C=C\C/C=C\C/C=C\C/C=C\C/C=C\C/C=C\C/C=C\C/C=C\C/C=C\C/C=C\CCCCC(=O)OC(COC(=O)CCCCCCCCCCCCCCCCCCCCCC/C=C\C/C=C\C/C=C\C/C=C\CC)COC(OCC[N+](C)(C)C)C(=O)[O-]. The van der Waals surface area contributed by atoms with E-state index in [2.05, 4.69) is 184 Å². The molecule has 0 rings (SSSR count). The minimum atomic E-state index is -1.64. The number of allylic oxidation sites excluding steroid dienone is 28. The number of carbonyl (C=O) groups is 3. The molecule has 0 aromatic rings. The van der Waals surface area contributed by atoms with Gasteiger partial charge in [-0.1, -0.05) is 300 Å². The van der Waals surface area contributed by atoms with Gasteiger partial charge in [0, 0.05) is 12.8 Å². The summed E-state index contributed by atoms with van der Waals surface area (Å²) in [4.78, 5) is 37.5. The predicted octanol–water partition coefficient (Wildman–Crippen LogP) is 21.7. The fourth-order valence-corrected chi connectivity index (χ4v) is 9.50. The van der Waals surface area contributed by atoms with Crippen LogP contribution < -0.4 is 5.11 Å². The van der Waals surface area contributed by atoms with Gasteiger partial charge < -0.3 is 33.3 Å². The summed E-state index contributed by atoms with van der Waals surface area (Å²) < 4.78 is 22.7. The molecule has 2 atom stereocenters. The molecule has 0 aliphatic rings. The van der Waals surface area contributed by atoms with E-state index >= 15 is 0 Å². The molecule has 0 fully saturated rings. The van der Waals surface area contributed by atoms with E-state index in [1.807, 2.05) is 21.1 Å². The number of rotatable bonds is 65. The summed E-state index contributed by atoms with van der Waals surface area (Å²) in [5.41, 5.74) is 0. The molecule has 9 heteroatoms. The van der Waals surface area contributed by atoms with Crippen LogP contribution in [0.3, 0.4) is 0 Å². The second kappa shape index (κ2) is 70.5. The number of carboxylic acids is 1. The predicted molar refractivity (Wildman–Crippen MR) is 388 cm³/mol. The van der Waals surface area contributed by atoms with Crippen molar-refractivity contribution in [2.45, 2.75) is 283 Å². The summed E-state index contributed by atoms with van der Waals surface area (Å²) in [7, 11) is 5.91. The number of aliphatic carboxylic acids is 1. The molecular formula is C82H133NO8. The van der Waals surface area contributed by atoms with Gasteiger partial charge >= 0.3 is 11.9 Å². The van der Waals surface area contributed by atoms with Crippen LogP contribution in [0.2, 0.25) is 0 Å². The molecule has 0 heterocycles. The van der Waals surface area contributed by atoms with Crippen LogP contribution in [0.15, 0.2) is 170 Å². The molecule has 0 bridgehead atoms. The number of hydrogen-bond acceptors (Lipinski definition) is 8. The molecule has 0 spiro atoms. The number of quaternary nitrogens is 1. The van der Waals surface area contributed by atoms with Gasteiger partial charge in [-0.15, -0.1) is 0 Å². The number of likely N-dealkylation sites (N-methyl/N-ethyl adjacent to an activating group) is 1. The van der Waals surface area contributed by atoms with Crippen LogP contribution in [-0.2, 0) is 33.3 Å². The van der Waals surface area contributed by atoms with Crippen molar-refractivity contribution in [1.82, 2.24) is 0 Å². The lowest BCUT2D eigenvalue weighted by Crippen LogP contribution is -2.44. The van der Waals surface area contributed by atoms with Crippen molar-refractivity contribution >= 4 is 17.9 Å². The van der Waals surface area contributed by atoms with Crippen molar-refractivity contribution in [3.63, 3.8) is 0 Å². The smallest absolute Gasteiger partial charge is 0.306 e. The summed E-state index contributed by atoms with van der Waals surface area (Å²) in [5.74, 6) is -2.35. The zero-order chi connectivity index (χ0) is 66.1. The van der Waals surface area contributed by atoms with Gasteiger partial charge in [0.1, 0.15) is 13.2 Å². The Balaban J connectivity index is 4.21. The Labute approximate surface area is 558 Å². The first-order valence-corrected chi connectivity index (χ1v) is 36.3. The normalized spacial score (nSPS) is 13.7. The van der Waals surface area contributed by atoms with E-state index in [9.17, 15) is 19.5 Å². The summed E-state index contributed by atoms with van der Waals surface area (Å²) in [5, 5.41) is 11.8. The number of hydrogen-bond donors (Lipinski definition) is 0. The number of carbonyl (C=O) groups excluding carboxylic acids is 3. The molecule has 0 saturated heterocycles. The molecule has 9 nitrogen and oxygen atoms in total. The highest BCUT2D eigenvalue weighted by molar-refractivity contribution is 5.70. The summed E-state index contributed by atoms with van der Waals surface area (Å²) in [6.07, 6.45) is 103. The zero-order valence-electron chi connectivity index (χ0n) is 58.6. The minimum Gasteiger partial charge on any atom is -0.545 e. The third-order valence-electron chi connectivity index (χ3n) is 15.0. The van der Waals surface area contributed by atoms with Crippen molar-refractivity contribution in [3.05, 3.63) is 170 Å². The van der Waals surface area contributed by atoms with Crippen LogP contribution in [0.4, 0.5) is 0 Å². The molecular weight excluding hydrogens is 1130 g/mol. The van der Waals surface area contributed by atoms with Crippen LogP contribution in [0, 0.1) is 0 Å². The van der Waals surface area contributed by atoms with E-state index in [-0.39, 0.29) is 38.6 Å². The highest BCUT2D eigenvalue weighted by Gasteiger charge is 2.22. The molecule has 0 N–H and O–H groups in total. The van der Waals surface area contributed by atoms with E-state index in [0.29, 0.717) is 17.4 Å². The summed E-state index contributed by atoms with van der Waals surface area (Å²) in [6.45, 7) is 4.47. The number of nitrogens with zero attached hydrogens (tertiary/aromatic N) is 1. The third kappa shape index (κ3) is 71.9. The number of carboxylic acid groups (broad SMARTS) is 1. The molecule has 0 aromatic heterocycles. The maximum Gasteiger partial charge on any atom is 0.306 e. The van der Waals surface area contributed by atoms with Gasteiger partial charge in [0.2, 0.25) is 0 Å². The first-order valence-electron chi connectivity index (χ1n) is 36.3. The fourth-order valence-electron chi connectivity index (χ4n) is 9.50. The number of unbranched alkanes of at least 4 members (excludes halogenated alkanes) is 22. The lowest BCUT2D eigenvalue weighted by molar-refractivity contribution is -0.870. The Morgan fingerprint density at radius 1 is 0.330 bits per heavy atom. The average Bonchev–Trinajstić information content (AvgIpc) is 3.46. The van der Waals surface area contributed by atoms with Crippen molar-refractivity contribution in [3.8, 4) is 0 Å². The molecule has 0 aliphatic carbocycles. The quantitative estimate of drug-likeness (QED) is 0.0195. The highest BCUT2D eigenvalue weighted by atomic mass is 16.7. The second-order valence-electron chi connectivity index (χ2n) is 24.8. The van der Waals surface area contributed by atoms with Gasteiger partial charge in [-0.25, -0.2) is 0 Å². The molecule has 0 aromatic carbocycles. The molecule has 514 valence electrons. The fraction of sp³-hybridized carbons (Fsp3) is 0.622. The zero-order valence-corrected chi connectivity index (χ0v) is 58.6. The third-order valence-corrected chi connectivity index (χ3v) is 15.0. The lowest BCUT2D eigenvalue weighted by Gasteiger charge is -2.26. The molecule has 91 heavy (non-hydrogen) atoms. The standard InChI is InChI=1S/C82H133NO8/c1-6-8-10-12-14-16-18-20-22-24-26-28-30-32-34-36-38-40-42-44-46-48-50-52-54-56-58-60-62-64-66-68-70-72-79(84)89-76-78(77-90-82(81(86)87)88-75-74-83(3,4)5)91-80(85)73-71-69-67-65-63-61-59-57-55-53-51-49-47-45-43-41-39-37-35-33-31-29-27-25-23-21-19-17-15-13-11-9-7-2/h8-11,14-17,20-23,26-29,33,35,39,41,45,47,51,53,57,59,63,65,78,82H,6-7,12-13,18-19,24-25,30-32,34,36-38,40,42-44,46,48-50,52,54-56,58,60-62,64,66-77H2,1-5H3/b10-8-,11-9-,16-14-,17-15-,22-20-,23-21-,28-26-,29-27-,35-33-,41-39-,47-45-,53-51-,59-57-,65-63-. The van der Waals surface area contributed by atoms with Gasteiger partial charge in [-0.3, -0.25) is 9.59 Å². The van der Waals surface area contributed by atoms with Crippen molar-refractivity contribution in [1.29, 1.82) is 0 Å².